The fourth-order valence-corrected chi connectivity index (χ4v) is 2.06. The van der Waals surface area contributed by atoms with Crippen molar-refractivity contribution in [2.45, 2.75) is 0 Å². The number of benzene rings is 2. The summed E-state index contributed by atoms with van der Waals surface area (Å²) in [6, 6.07) is 9.49. The molecule has 0 aromatic heterocycles. The van der Waals surface area contributed by atoms with E-state index in [9.17, 15) is 4.79 Å². The van der Waals surface area contributed by atoms with Gasteiger partial charge in [-0.05, 0) is 23.8 Å². The standard InChI is InChI=1S/C13H9NO/c14-11-6-5-10-12(15)7-4-8-2-1-3-9(11)13(8)10/h1-7H,14H2. The molecule has 2 aromatic rings. The molecule has 3 rings (SSSR count). The van der Waals surface area contributed by atoms with Crippen molar-refractivity contribution in [3.05, 3.63) is 47.5 Å². The first kappa shape index (κ1) is 8.24. The van der Waals surface area contributed by atoms with Crippen LogP contribution >= 0.6 is 0 Å². The van der Waals surface area contributed by atoms with Crippen molar-refractivity contribution in [3.8, 4) is 0 Å². The van der Waals surface area contributed by atoms with E-state index in [1.54, 1.807) is 18.2 Å². The van der Waals surface area contributed by atoms with Gasteiger partial charge in [-0.25, -0.2) is 0 Å². The highest BCUT2D eigenvalue weighted by Crippen LogP contribution is 2.31. The molecule has 0 saturated carbocycles. The van der Waals surface area contributed by atoms with Crippen LogP contribution in [0.2, 0.25) is 0 Å². The first-order valence-corrected chi connectivity index (χ1v) is 4.81. The second-order valence-electron chi connectivity index (χ2n) is 3.67. The Morgan fingerprint density at radius 2 is 1.87 bits per heavy atom. The van der Waals surface area contributed by atoms with Crippen LogP contribution in [0.3, 0.4) is 0 Å². The molecule has 72 valence electrons. The van der Waals surface area contributed by atoms with Crippen LogP contribution in [0.1, 0.15) is 15.9 Å². The van der Waals surface area contributed by atoms with Crippen molar-refractivity contribution in [1.29, 1.82) is 0 Å². The molecule has 2 nitrogen and oxygen atoms in total. The van der Waals surface area contributed by atoms with Gasteiger partial charge in [0.25, 0.3) is 0 Å². The Hall–Kier alpha value is -2.09. The van der Waals surface area contributed by atoms with Crippen LogP contribution in [0.4, 0.5) is 5.69 Å². The van der Waals surface area contributed by atoms with Gasteiger partial charge >= 0.3 is 0 Å². The number of carbonyl (C=O) groups excluding carboxylic acids is 1. The number of allylic oxidation sites excluding steroid dienone is 1. The maximum absolute atomic E-state index is 11.7. The summed E-state index contributed by atoms with van der Waals surface area (Å²) in [5.74, 6) is 0.0544. The van der Waals surface area contributed by atoms with Crippen molar-refractivity contribution in [1.82, 2.24) is 0 Å². The van der Waals surface area contributed by atoms with Gasteiger partial charge < -0.3 is 5.73 Å². The zero-order chi connectivity index (χ0) is 10.4. The van der Waals surface area contributed by atoms with Gasteiger partial charge in [0.1, 0.15) is 0 Å². The second kappa shape index (κ2) is 2.70. The summed E-state index contributed by atoms with van der Waals surface area (Å²) < 4.78 is 0. The quantitative estimate of drug-likeness (QED) is 0.656. The second-order valence-corrected chi connectivity index (χ2v) is 3.67. The number of hydrogen-bond acceptors (Lipinski definition) is 2. The van der Waals surface area contributed by atoms with Crippen LogP contribution in [0.15, 0.2) is 36.4 Å². The van der Waals surface area contributed by atoms with E-state index in [1.165, 1.54) is 0 Å². The summed E-state index contributed by atoms with van der Waals surface area (Å²) in [4.78, 5) is 11.7. The molecule has 2 N–H and O–H groups in total. The molecule has 0 radical (unpaired) electrons. The van der Waals surface area contributed by atoms with Gasteiger partial charge in [-0.2, -0.15) is 0 Å². The van der Waals surface area contributed by atoms with Crippen LogP contribution in [0.25, 0.3) is 16.8 Å². The van der Waals surface area contributed by atoms with E-state index in [0.29, 0.717) is 0 Å². The fourth-order valence-electron chi connectivity index (χ4n) is 2.06. The molecule has 0 saturated heterocycles. The Morgan fingerprint density at radius 3 is 2.73 bits per heavy atom. The maximum Gasteiger partial charge on any atom is 0.186 e. The molecule has 15 heavy (non-hydrogen) atoms. The topological polar surface area (TPSA) is 43.1 Å². The summed E-state index contributed by atoms with van der Waals surface area (Å²) in [7, 11) is 0. The lowest BCUT2D eigenvalue weighted by Crippen LogP contribution is -2.02. The minimum Gasteiger partial charge on any atom is -0.398 e. The first-order chi connectivity index (χ1) is 7.27. The van der Waals surface area contributed by atoms with Crippen LogP contribution < -0.4 is 5.73 Å². The number of nitrogens with two attached hydrogens (primary N) is 1. The van der Waals surface area contributed by atoms with Crippen LogP contribution in [0, 0.1) is 0 Å². The van der Waals surface area contributed by atoms with Crippen molar-refractivity contribution < 1.29 is 4.79 Å². The van der Waals surface area contributed by atoms with Crippen molar-refractivity contribution in [2.24, 2.45) is 0 Å². The summed E-state index contributed by atoms with van der Waals surface area (Å²) in [6.45, 7) is 0. The van der Waals surface area contributed by atoms with Crippen molar-refractivity contribution in [2.75, 3.05) is 5.73 Å². The third-order valence-electron chi connectivity index (χ3n) is 2.79. The monoisotopic (exact) mass is 195 g/mol. The lowest BCUT2D eigenvalue weighted by atomic mass is 9.92. The number of ketones is 1. The number of rotatable bonds is 0. The lowest BCUT2D eigenvalue weighted by molar-refractivity contribution is 0.104. The van der Waals surface area contributed by atoms with E-state index in [0.717, 1.165) is 27.6 Å². The Balaban J connectivity index is 2.59. The molecule has 1 aliphatic carbocycles. The zero-order valence-electron chi connectivity index (χ0n) is 8.03. The largest absolute Gasteiger partial charge is 0.398 e. The third-order valence-corrected chi connectivity index (χ3v) is 2.79. The predicted octanol–water partition coefficient (Wildman–Crippen LogP) is 2.63. The molecular weight excluding hydrogens is 186 g/mol. The smallest absolute Gasteiger partial charge is 0.186 e. The molecular formula is C13H9NO. The van der Waals surface area contributed by atoms with E-state index in [1.807, 2.05) is 24.3 Å². The van der Waals surface area contributed by atoms with Crippen molar-refractivity contribution >= 4 is 28.3 Å². The van der Waals surface area contributed by atoms with Crippen molar-refractivity contribution in [3.63, 3.8) is 0 Å². The molecule has 1 aliphatic rings. The molecule has 0 spiro atoms. The normalized spacial score (nSPS) is 13.5. The van der Waals surface area contributed by atoms with Gasteiger partial charge in [0.15, 0.2) is 5.78 Å². The van der Waals surface area contributed by atoms with Crippen LogP contribution in [-0.4, -0.2) is 5.78 Å². The third kappa shape index (κ3) is 1.02. The first-order valence-electron chi connectivity index (χ1n) is 4.81. The van der Waals surface area contributed by atoms with Gasteiger partial charge in [-0.15, -0.1) is 0 Å². The van der Waals surface area contributed by atoms with Gasteiger partial charge in [0.05, 0.1) is 0 Å². The Bertz CT molecular complexity index is 611. The molecule has 0 aliphatic heterocycles. The lowest BCUT2D eigenvalue weighted by Gasteiger charge is -2.12. The Labute approximate surface area is 87.0 Å². The summed E-state index contributed by atoms with van der Waals surface area (Å²) >= 11 is 0. The molecule has 0 atom stereocenters. The van der Waals surface area contributed by atoms with Crippen LogP contribution in [-0.2, 0) is 0 Å². The minimum atomic E-state index is 0.0544. The highest BCUT2D eigenvalue weighted by molar-refractivity contribution is 6.21. The van der Waals surface area contributed by atoms with E-state index < -0.39 is 0 Å². The molecule has 0 fully saturated rings. The average Bonchev–Trinajstić information content (AvgIpc) is 2.26. The number of anilines is 1. The Kier molecular flexibility index (Phi) is 1.48. The highest BCUT2D eigenvalue weighted by Gasteiger charge is 2.15. The molecule has 2 aromatic carbocycles. The number of nitrogen functional groups attached to an aromatic ring is 1. The Morgan fingerprint density at radius 1 is 1.00 bits per heavy atom. The van der Waals surface area contributed by atoms with E-state index in [4.69, 9.17) is 5.73 Å². The van der Waals surface area contributed by atoms with E-state index >= 15 is 0 Å². The van der Waals surface area contributed by atoms with Gasteiger partial charge in [-0.3, -0.25) is 4.79 Å². The molecule has 2 heteroatoms. The predicted molar refractivity (Wildman–Crippen MR) is 61.7 cm³/mol. The van der Waals surface area contributed by atoms with E-state index in [-0.39, 0.29) is 5.78 Å². The molecule has 0 heterocycles. The number of hydrogen-bond donors (Lipinski definition) is 1. The van der Waals surface area contributed by atoms with Gasteiger partial charge in [0, 0.05) is 22.0 Å². The van der Waals surface area contributed by atoms with Gasteiger partial charge in [-0.1, -0.05) is 24.3 Å². The van der Waals surface area contributed by atoms with Crippen LogP contribution in [0.5, 0.6) is 0 Å². The fraction of sp³-hybridized carbons (Fsp3) is 0. The highest BCUT2D eigenvalue weighted by atomic mass is 16.1. The van der Waals surface area contributed by atoms with E-state index in [2.05, 4.69) is 0 Å². The summed E-state index contributed by atoms with van der Waals surface area (Å²) in [5.41, 5.74) is 8.42. The average molecular weight is 195 g/mol. The summed E-state index contributed by atoms with van der Waals surface area (Å²) in [5, 5.41) is 1.94. The summed E-state index contributed by atoms with van der Waals surface area (Å²) in [6.07, 6.45) is 3.45. The SMILES string of the molecule is Nc1ccc2c3c(cccc13)C=CC2=O. The molecule has 0 bridgehead atoms. The molecule has 0 unspecified atom stereocenters. The number of carbonyl (C=O) groups is 1. The van der Waals surface area contributed by atoms with Gasteiger partial charge in [0.2, 0.25) is 0 Å². The molecule has 0 amide bonds. The minimum absolute atomic E-state index is 0.0544. The zero-order valence-corrected chi connectivity index (χ0v) is 8.03. The maximum atomic E-state index is 11.7.